The Morgan fingerprint density at radius 2 is 1.35 bits per heavy atom. The molecule has 0 aliphatic heterocycles. The number of carboxylic acid groups (broad SMARTS) is 1. The molecule has 0 saturated carbocycles. The molecule has 0 spiro atoms. The van der Waals surface area contributed by atoms with Crippen LogP contribution in [-0.2, 0) is 4.79 Å². The number of aliphatic carboxylic acids is 1. The quantitative estimate of drug-likeness (QED) is 0.217. The maximum absolute atomic E-state index is 9.73. The van der Waals surface area contributed by atoms with Gasteiger partial charge in [-0.2, -0.15) is 0 Å². The van der Waals surface area contributed by atoms with Gasteiger partial charge in [0.2, 0.25) is 0 Å². The van der Waals surface area contributed by atoms with Gasteiger partial charge in [-0.05, 0) is 33.1 Å². The monoisotopic (exact) mass is 503 g/mol. The Hall–Kier alpha value is 0.739. The van der Waals surface area contributed by atoms with Crippen LogP contribution in [0.1, 0.15) is 66.2 Å². The molecule has 0 heterocycles. The third-order valence-corrected chi connectivity index (χ3v) is 12.4. The first kappa shape index (κ1) is 23.0. The molecule has 0 amide bonds. The summed E-state index contributed by atoms with van der Waals surface area (Å²) in [6, 6.07) is 0. The fraction of sp³-hybridized carbons (Fsp3) is 0.812. The summed E-state index contributed by atoms with van der Waals surface area (Å²) in [6.07, 6.45) is 10.0. The first-order valence-corrected chi connectivity index (χ1v) is 15.0. The van der Waals surface area contributed by atoms with Crippen molar-refractivity contribution in [3.05, 3.63) is 9.66 Å². The minimum absolute atomic E-state index is 0.783. The van der Waals surface area contributed by atoms with Crippen molar-refractivity contribution in [3.63, 3.8) is 0 Å². The summed E-state index contributed by atoms with van der Waals surface area (Å²) in [6.45, 7) is 8.73. The van der Waals surface area contributed by atoms with Crippen LogP contribution in [0, 0.1) is 0 Å². The van der Waals surface area contributed by atoms with E-state index in [0.29, 0.717) is 0 Å². The topological polar surface area (TPSA) is 37.3 Å². The fourth-order valence-electron chi connectivity index (χ4n) is 1.83. The van der Waals surface area contributed by atoms with Crippen LogP contribution in [0.2, 0.25) is 13.3 Å². The molecule has 0 unspecified atom stereocenters. The van der Waals surface area contributed by atoms with Crippen molar-refractivity contribution in [2.45, 2.75) is 79.5 Å². The number of allylic oxidation sites excluding steroid dienone is 1. The molecule has 0 saturated heterocycles. The molecule has 20 heavy (non-hydrogen) atoms. The molecule has 119 valence electrons. The Morgan fingerprint density at radius 1 is 1.00 bits per heavy atom. The van der Waals surface area contributed by atoms with Crippen LogP contribution in [0.4, 0.5) is 0 Å². The number of hydrogen-bond donors (Lipinski definition) is 1. The van der Waals surface area contributed by atoms with Crippen molar-refractivity contribution in [3.8, 4) is 0 Å². The molecule has 0 aromatic heterocycles. The zero-order valence-electron chi connectivity index (χ0n) is 13.7. The van der Waals surface area contributed by atoms with E-state index in [1.807, 2.05) is 22.6 Å². The van der Waals surface area contributed by atoms with E-state index < -0.39 is 25.7 Å². The van der Waals surface area contributed by atoms with Gasteiger partial charge in [-0.25, -0.2) is 4.79 Å². The predicted octanol–water partition coefficient (Wildman–Crippen LogP) is 6.29. The second-order valence-corrected chi connectivity index (χ2v) is 15.4. The summed E-state index contributed by atoms with van der Waals surface area (Å²) in [7, 11) is 0. The van der Waals surface area contributed by atoms with Gasteiger partial charge < -0.3 is 5.11 Å². The van der Waals surface area contributed by atoms with Crippen LogP contribution in [0.5, 0.6) is 0 Å². The van der Waals surface area contributed by atoms with E-state index in [2.05, 4.69) is 20.8 Å². The number of carboxylic acids is 1. The summed E-state index contributed by atoms with van der Waals surface area (Å²) < 4.78 is 5.82. The molecule has 0 aliphatic carbocycles. The molecule has 0 fully saturated rings. The number of unbranched alkanes of at least 4 members (excludes halogenated alkanes) is 3. The maximum atomic E-state index is 9.73. The van der Waals surface area contributed by atoms with Gasteiger partial charge >= 0.3 is 98.3 Å². The number of halogens is 1. The molecular formula is C16H32IO2Sn. The van der Waals surface area contributed by atoms with Crippen molar-refractivity contribution < 1.29 is 9.90 Å². The van der Waals surface area contributed by atoms with Crippen molar-refractivity contribution in [1.29, 1.82) is 0 Å². The van der Waals surface area contributed by atoms with Crippen LogP contribution in [0.15, 0.2) is 9.66 Å². The molecule has 0 aliphatic rings. The summed E-state index contributed by atoms with van der Waals surface area (Å²) in [5.74, 6) is -0.882. The molecular weight excluding hydrogens is 470 g/mol. The van der Waals surface area contributed by atoms with Gasteiger partial charge in [0.05, 0.1) is 0 Å². The Morgan fingerprint density at radius 3 is 1.50 bits per heavy atom. The Labute approximate surface area is 146 Å². The summed E-state index contributed by atoms with van der Waals surface area (Å²) in [5.41, 5.74) is 0. The standard InChI is InChI=1S/C4H5IO2.3C4H9.Sn/c1-3(5)2-4(6)7;3*1-3-4-2;/h2H,1H3,(H,6,7);3*1,3-4H2,2H3;/b3-2+;;;;. The van der Waals surface area contributed by atoms with E-state index in [-0.39, 0.29) is 0 Å². The fourth-order valence-corrected chi connectivity index (χ4v) is 11.5. The zero-order valence-corrected chi connectivity index (χ0v) is 18.7. The zero-order chi connectivity index (χ0) is 15.8. The molecule has 0 aromatic rings. The van der Waals surface area contributed by atoms with Crippen molar-refractivity contribution in [1.82, 2.24) is 0 Å². The van der Waals surface area contributed by atoms with Gasteiger partial charge in [0.25, 0.3) is 0 Å². The number of hydrogen-bond acceptors (Lipinski definition) is 1. The van der Waals surface area contributed by atoms with E-state index in [9.17, 15) is 4.79 Å². The third kappa shape index (κ3) is 21.0. The van der Waals surface area contributed by atoms with Crippen LogP contribution < -0.4 is 0 Å². The third-order valence-electron chi connectivity index (χ3n) is 2.97. The molecule has 4 heteroatoms. The normalized spacial score (nSPS) is 11.2. The van der Waals surface area contributed by atoms with Gasteiger partial charge in [-0.3, -0.25) is 0 Å². The van der Waals surface area contributed by atoms with Gasteiger partial charge in [0.1, 0.15) is 0 Å². The van der Waals surface area contributed by atoms with Crippen molar-refractivity contribution in [2.75, 3.05) is 0 Å². The second-order valence-electron chi connectivity index (χ2n) is 5.13. The molecule has 0 rings (SSSR count). The molecule has 0 aromatic carbocycles. The molecule has 1 radical (unpaired) electrons. The van der Waals surface area contributed by atoms with Gasteiger partial charge in [0.15, 0.2) is 0 Å². The summed E-state index contributed by atoms with van der Waals surface area (Å²) in [5, 5.41) is 8.00. The first-order chi connectivity index (χ1) is 9.47. The Bertz CT molecular complexity index is 232. The van der Waals surface area contributed by atoms with Gasteiger partial charge in [-0.15, -0.1) is 0 Å². The first-order valence-electron chi connectivity index (χ1n) is 7.88. The number of rotatable bonds is 10. The van der Waals surface area contributed by atoms with E-state index in [4.69, 9.17) is 5.11 Å². The van der Waals surface area contributed by atoms with Gasteiger partial charge in [0, 0.05) is 6.08 Å². The van der Waals surface area contributed by atoms with Crippen LogP contribution in [-0.4, -0.2) is 30.8 Å². The summed E-state index contributed by atoms with van der Waals surface area (Å²) in [4.78, 5) is 9.73. The van der Waals surface area contributed by atoms with E-state index in [1.54, 1.807) is 20.2 Å². The Balaban J connectivity index is 0. The Kier molecular flexibility index (Phi) is 20.5. The summed E-state index contributed by atoms with van der Waals surface area (Å²) >= 11 is 1.10. The second kappa shape index (κ2) is 17.8. The van der Waals surface area contributed by atoms with Gasteiger partial charge in [-0.1, -0.05) is 0 Å². The van der Waals surface area contributed by atoms with Crippen molar-refractivity contribution >= 4 is 48.3 Å². The SMILES string of the molecule is C/C(I)=C\C(=O)O.CCC[CH2][Sn]([CH2]CCC)[CH2]CCC. The average Bonchev–Trinajstić information content (AvgIpc) is 2.37. The van der Waals surface area contributed by atoms with Crippen LogP contribution in [0.3, 0.4) is 0 Å². The molecule has 1 N–H and O–H groups in total. The minimum atomic E-state index is -0.882. The predicted molar refractivity (Wildman–Crippen MR) is 100 cm³/mol. The van der Waals surface area contributed by atoms with Crippen LogP contribution >= 0.6 is 22.6 Å². The molecule has 0 atom stereocenters. The van der Waals surface area contributed by atoms with Crippen LogP contribution in [0.25, 0.3) is 0 Å². The molecule has 0 bridgehead atoms. The van der Waals surface area contributed by atoms with E-state index >= 15 is 0 Å². The van der Waals surface area contributed by atoms with Crippen molar-refractivity contribution in [2.24, 2.45) is 0 Å². The van der Waals surface area contributed by atoms with E-state index in [1.165, 1.54) is 38.5 Å². The molecule has 2 nitrogen and oxygen atoms in total. The number of carbonyl (C=O) groups is 1. The van der Waals surface area contributed by atoms with E-state index in [0.717, 1.165) is 9.66 Å². The average molecular weight is 502 g/mol.